The van der Waals surface area contributed by atoms with Crippen LogP contribution in [0.3, 0.4) is 0 Å². The first kappa shape index (κ1) is 19.6. The summed E-state index contributed by atoms with van der Waals surface area (Å²) in [6.07, 6.45) is 3.81. The molecule has 0 radical (unpaired) electrons. The van der Waals surface area contributed by atoms with Gasteiger partial charge >= 0.3 is 0 Å². The zero-order valence-electron chi connectivity index (χ0n) is 12.1. The third-order valence-electron chi connectivity index (χ3n) is 3.38. The van der Waals surface area contributed by atoms with Gasteiger partial charge in [0.25, 0.3) is 0 Å². The minimum Gasteiger partial charge on any atom is -0.354 e. The van der Waals surface area contributed by atoms with Crippen LogP contribution < -0.4 is 15.4 Å². The second kappa shape index (κ2) is 9.55. The molecule has 3 N–H and O–H groups in total. The second-order valence-corrected chi connectivity index (χ2v) is 7.04. The van der Waals surface area contributed by atoms with Crippen molar-refractivity contribution in [3.05, 3.63) is 0 Å². The van der Waals surface area contributed by atoms with Crippen molar-refractivity contribution in [1.82, 2.24) is 15.4 Å². The molecule has 1 fully saturated rings. The van der Waals surface area contributed by atoms with Crippen LogP contribution in [-0.2, 0) is 14.8 Å². The third kappa shape index (κ3) is 8.04. The maximum absolute atomic E-state index is 11.8. The van der Waals surface area contributed by atoms with E-state index in [1.807, 2.05) is 0 Å². The normalized spacial score (nSPS) is 22.9. The summed E-state index contributed by atoms with van der Waals surface area (Å²) >= 11 is 0. The summed E-state index contributed by atoms with van der Waals surface area (Å²) in [6, 6.07) is -0.00805. The maximum atomic E-state index is 11.8. The number of amides is 1. The van der Waals surface area contributed by atoms with Gasteiger partial charge in [0.15, 0.2) is 0 Å². The van der Waals surface area contributed by atoms with E-state index >= 15 is 0 Å². The molecule has 0 aromatic carbocycles. The molecule has 1 rings (SSSR count). The Balaban J connectivity index is 0.00000361. The van der Waals surface area contributed by atoms with Gasteiger partial charge in [0.1, 0.15) is 5.75 Å². The van der Waals surface area contributed by atoms with Gasteiger partial charge in [-0.25, -0.2) is 13.1 Å². The summed E-state index contributed by atoms with van der Waals surface area (Å²) < 4.78 is 26.3. The van der Waals surface area contributed by atoms with Crippen molar-refractivity contribution < 1.29 is 13.2 Å². The van der Waals surface area contributed by atoms with Crippen molar-refractivity contribution in [1.29, 1.82) is 0 Å². The molecular weight excluding hydrogens is 302 g/mol. The average molecular weight is 328 g/mol. The standard InChI is InChI=1S/C12H25N3O3S.ClH/c1-10-3-5-11(6-4-10)15-19(17,18)9-12(16)14-8-7-13-2;/h10-11,13,15H,3-9H2,1-2H3,(H,14,16);1H. The number of halogens is 1. The van der Waals surface area contributed by atoms with E-state index in [0.717, 1.165) is 25.7 Å². The first-order valence-corrected chi connectivity index (χ1v) is 8.49. The Hall–Kier alpha value is -0.370. The smallest absolute Gasteiger partial charge is 0.236 e. The summed E-state index contributed by atoms with van der Waals surface area (Å²) in [4.78, 5) is 11.5. The monoisotopic (exact) mass is 327 g/mol. The predicted molar refractivity (Wildman–Crippen MR) is 82.5 cm³/mol. The molecule has 1 saturated carbocycles. The van der Waals surface area contributed by atoms with E-state index in [4.69, 9.17) is 0 Å². The lowest BCUT2D eigenvalue weighted by Crippen LogP contribution is -2.43. The molecule has 0 spiro atoms. The molecule has 0 atom stereocenters. The van der Waals surface area contributed by atoms with Gasteiger partial charge in [0.05, 0.1) is 0 Å². The molecule has 1 amide bonds. The average Bonchev–Trinajstić information content (AvgIpc) is 2.31. The van der Waals surface area contributed by atoms with Gasteiger partial charge in [-0.05, 0) is 38.6 Å². The van der Waals surface area contributed by atoms with Crippen LogP contribution in [0.5, 0.6) is 0 Å². The fourth-order valence-electron chi connectivity index (χ4n) is 2.22. The van der Waals surface area contributed by atoms with Crippen molar-refractivity contribution in [2.75, 3.05) is 25.9 Å². The Morgan fingerprint density at radius 3 is 2.30 bits per heavy atom. The summed E-state index contributed by atoms with van der Waals surface area (Å²) in [7, 11) is -1.75. The molecular formula is C12H26ClN3O3S. The molecule has 0 bridgehead atoms. The number of likely N-dealkylation sites (N-methyl/N-ethyl adjacent to an activating group) is 1. The lowest BCUT2D eigenvalue weighted by molar-refractivity contribution is -0.118. The highest BCUT2D eigenvalue weighted by molar-refractivity contribution is 7.90. The van der Waals surface area contributed by atoms with Crippen LogP contribution in [0.15, 0.2) is 0 Å². The van der Waals surface area contributed by atoms with Crippen LogP contribution in [0.1, 0.15) is 32.6 Å². The largest absolute Gasteiger partial charge is 0.354 e. The number of carbonyl (C=O) groups is 1. The highest BCUT2D eigenvalue weighted by atomic mass is 35.5. The SMILES string of the molecule is CNCCNC(=O)CS(=O)(=O)NC1CCC(C)CC1.Cl. The number of sulfonamides is 1. The fourth-order valence-corrected chi connectivity index (χ4v) is 3.50. The zero-order chi connectivity index (χ0) is 14.3. The Labute approximate surface area is 127 Å². The lowest BCUT2D eigenvalue weighted by atomic mass is 9.88. The Bertz CT molecular complexity index is 381. The number of hydrogen-bond donors (Lipinski definition) is 3. The predicted octanol–water partition coefficient (Wildman–Crippen LogP) is 0.242. The van der Waals surface area contributed by atoms with Gasteiger partial charge in [0, 0.05) is 19.1 Å². The lowest BCUT2D eigenvalue weighted by Gasteiger charge is -2.26. The van der Waals surface area contributed by atoms with E-state index in [-0.39, 0.29) is 18.4 Å². The number of carbonyl (C=O) groups excluding carboxylic acids is 1. The molecule has 8 heteroatoms. The molecule has 0 unspecified atom stereocenters. The number of nitrogens with one attached hydrogen (secondary N) is 3. The van der Waals surface area contributed by atoms with Crippen molar-refractivity contribution >= 4 is 28.3 Å². The van der Waals surface area contributed by atoms with E-state index in [1.54, 1.807) is 7.05 Å². The Morgan fingerprint density at radius 1 is 1.15 bits per heavy atom. The number of hydrogen-bond acceptors (Lipinski definition) is 4. The molecule has 0 saturated heterocycles. The molecule has 120 valence electrons. The van der Waals surface area contributed by atoms with Gasteiger partial charge in [-0.2, -0.15) is 0 Å². The fraction of sp³-hybridized carbons (Fsp3) is 0.917. The van der Waals surface area contributed by atoms with Crippen LogP contribution in [0.2, 0.25) is 0 Å². The topological polar surface area (TPSA) is 87.3 Å². The Kier molecular flexibility index (Phi) is 9.37. The van der Waals surface area contributed by atoms with Gasteiger partial charge in [-0.3, -0.25) is 4.79 Å². The van der Waals surface area contributed by atoms with E-state index in [1.165, 1.54) is 0 Å². The maximum Gasteiger partial charge on any atom is 0.236 e. The van der Waals surface area contributed by atoms with Crippen LogP contribution in [0, 0.1) is 5.92 Å². The Morgan fingerprint density at radius 2 is 1.75 bits per heavy atom. The van der Waals surface area contributed by atoms with E-state index in [9.17, 15) is 13.2 Å². The molecule has 6 nitrogen and oxygen atoms in total. The van der Waals surface area contributed by atoms with E-state index in [2.05, 4.69) is 22.3 Å². The van der Waals surface area contributed by atoms with Gasteiger partial charge in [-0.1, -0.05) is 6.92 Å². The minimum absolute atomic E-state index is 0. The van der Waals surface area contributed by atoms with Crippen LogP contribution >= 0.6 is 12.4 Å². The summed E-state index contributed by atoms with van der Waals surface area (Å²) in [6.45, 7) is 3.24. The highest BCUT2D eigenvalue weighted by Crippen LogP contribution is 2.23. The van der Waals surface area contributed by atoms with Crippen molar-refractivity contribution in [3.8, 4) is 0 Å². The summed E-state index contributed by atoms with van der Waals surface area (Å²) in [5.41, 5.74) is 0. The van der Waals surface area contributed by atoms with Crippen molar-refractivity contribution in [2.45, 2.75) is 38.6 Å². The molecule has 1 aliphatic carbocycles. The van der Waals surface area contributed by atoms with Crippen LogP contribution in [0.25, 0.3) is 0 Å². The first-order valence-electron chi connectivity index (χ1n) is 6.84. The molecule has 0 aromatic rings. The molecule has 1 aliphatic rings. The number of rotatable bonds is 7. The highest BCUT2D eigenvalue weighted by Gasteiger charge is 2.24. The van der Waals surface area contributed by atoms with Crippen LogP contribution in [-0.4, -0.2) is 46.3 Å². The van der Waals surface area contributed by atoms with Crippen molar-refractivity contribution in [3.63, 3.8) is 0 Å². The molecule has 0 heterocycles. The van der Waals surface area contributed by atoms with Gasteiger partial charge in [-0.15, -0.1) is 12.4 Å². The minimum atomic E-state index is -3.52. The summed E-state index contributed by atoms with van der Waals surface area (Å²) in [5, 5.41) is 5.44. The van der Waals surface area contributed by atoms with Gasteiger partial charge in [0.2, 0.25) is 15.9 Å². The van der Waals surface area contributed by atoms with Gasteiger partial charge < -0.3 is 10.6 Å². The van der Waals surface area contributed by atoms with Crippen molar-refractivity contribution in [2.24, 2.45) is 5.92 Å². The summed E-state index contributed by atoms with van der Waals surface area (Å²) in [5.74, 6) is -0.263. The first-order chi connectivity index (χ1) is 8.93. The molecule has 0 aromatic heterocycles. The van der Waals surface area contributed by atoms with Crippen LogP contribution in [0.4, 0.5) is 0 Å². The third-order valence-corrected chi connectivity index (χ3v) is 4.72. The molecule has 0 aliphatic heterocycles. The van der Waals surface area contributed by atoms with E-state index < -0.39 is 21.7 Å². The second-order valence-electron chi connectivity index (χ2n) is 5.29. The molecule has 20 heavy (non-hydrogen) atoms. The quantitative estimate of drug-likeness (QED) is 0.585. The zero-order valence-corrected chi connectivity index (χ0v) is 13.8. The van der Waals surface area contributed by atoms with E-state index in [0.29, 0.717) is 19.0 Å².